The van der Waals surface area contributed by atoms with Crippen LogP contribution in [0.4, 0.5) is 0 Å². The van der Waals surface area contributed by atoms with Crippen LogP contribution in [0.5, 0.6) is 0 Å². The average molecular weight is 200 g/mol. The maximum absolute atomic E-state index is 11.3. The van der Waals surface area contributed by atoms with Crippen molar-refractivity contribution in [3.8, 4) is 0 Å². The van der Waals surface area contributed by atoms with Crippen molar-refractivity contribution in [3.05, 3.63) is 0 Å². The molecule has 0 aromatic heterocycles. The first-order valence-electron chi connectivity index (χ1n) is 4.88. The number of carbonyl (C=O) groups excluding carboxylic acids is 2. The SMILES string of the molecule is CCOC(=O)CCNC(=O)C1CNC1. The lowest BCUT2D eigenvalue weighted by molar-refractivity contribution is -0.143. The molecule has 5 nitrogen and oxygen atoms in total. The van der Waals surface area contributed by atoms with Crippen LogP contribution >= 0.6 is 0 Å². The lowest BCUT2D eigenvalue weighted by atomic mass is 10.0. The van der Waals surface area contributed by atoms with E-state index in [2.05, 4.69) is 10.6 Å². The van der Waals surface area contributed by atoms with Gasteiger partial charge in [-0.05, 0) is 6.92 Å². The van der Waals surface area contributed by atoms with Gasteiger partial charge in [0.05, 0.1) is 18.9 Å². The monoisotopic (exact) mass is 200 g/mol. The first kappa shape index (κ1) is 11.0. The van der Waals surface area contributed by atoms with Gasteiger partial charge in [0.15, 0.2) is 0 Å². The Morgan fingerprint density at radius 3 is 2.71 bits per heavy atom. The predicted octanol–water partition coefficient (Wildman–Crippen LogP) is -0.725. The van der Waals surface area contributed by atoms with Gasteiger partial charge in [-0.25, -0.2) is 0 Å². The molecule has 0 radical (unpaired) electrons. The third-order valence-corrected chi connectivity index (χ3v) is 2.09. The molecule has 1 aliphatic heterocycles. The molecule has 0 bridgehead atoms. The van der Waals surface area contributed by atoms with Gasteiger partial charge >= 0.3 is 5.97 Å². The van der Waals surface area contributed by atoms with Gasteiger partial charge in [-0.2, -0.15) is 0 Å². The van der Waals surface area contributed by atoms with E-state index in [1.54, 1.807) is 6.92 Å². The summed E-state index contributed by atoms with van der Waals surface area (Å²) in [7, 11) is 0. The fourth-order valence-corrected chi connectivity index (χ4v) is 1.14. The van der Waals surface area contributed by atoms with Crippen molar-refractivity contribution in [2.75, 3.05) is 26.2 Å². The van der Waals surface area contributed by atoms with Crippen LogP contribution in [0, 0.1) is 5.92 Å². The van der Waals surface area contributed by atoms with E-state index in [1.807, 2.05) is 0 Å². The minimum atomic E-state index is -0.264. The summed E-state index contributed by atoms with van der Waals surface area (Å²) in [5, 5.41) is 5.70. The Morgan fingerprint density at radius 1 is 1.50 bits per heavy atom. The minimum absolute atomic E-state index is 0.0213. The first-order chi connectivity index (χ1) is 6.74. The number of amides is 1. The van der Waals surface area contributed by atoms with Crippen molar-refractivity contribution in [1.82, 2.24) is 10.6 Å². The average Bonchev–Trinajstić information content (AvgIpc) is 2.01. The van der Waals surface area contributed by atoms with E-state index in [9.17, 15) is 9.59 Å². The minimum Gasteiger partial charge on any atom is -0.466 e. The Bertz CT molecular complexity index is 214. The summed E-state index contributed by atoms with van der Waals surface area (Å²) in [6.45, 7) is 4.00. The molecule has 0 saturated carbocycles. The molecule has 1 rings (SSSR count). The summed E-state index contributed by atoms with van der Waals surface area (Å²) in [6.07, 6.45) is 0.250. The summed E-state index contributed by atoms with van der Waals surface area (Å²) < 4.78 is 4.72. The van der Waals surface area contributed by atoms with Crippen LogP contribution in [-0.2, 0) is 14.3 Å². The predicted molar refractivity (Wildman–Crippen MR) is 50.6 cm³/mol. The van der Waals surface area contributed by atoms with Crippen molar-refractivity contribution in [2.24, 2.45) is 5.92 Å². The number of hydrogen-bond acceptors (Lipinski definition) is 4. The van der Waals surface area contributed by atoms with Crippen molar-refractivity contribution >= 4 is 11.9 Å². The van der Waals surface area contributed by atoms with Crippen molar-refractivity contribution in [1.29, 1.82) is 0 Å². The highest BCUT2D eigenvalue weighted by Crippen LogP contribution is 2.01. The van der Waals surface area contributed by atoms with Crippen molar-refractivity contribution < 1.29 is 14.3 Å². The Morgan fingerprint density at radius 2 is 2.21 bits per heavy atom. The van der Waals surface area contributed by atoms with Gasteiger partial charge in [-0.15, -0.1) is 0 Å². The summed E-state index contributed by atoms with van der Waals surface area (Å²) in [5.41, 5.74) is 0. The zero-order chi connectivity index (χ0) is 10.4. The van der Waals surface area contributed by atoms with Gasteiger partial charge in [0.25, 0.3) is 0 Å². The zero-order valence-corrected chi connectivity index (χ0v) is 8.34. The van der Waals surface area contributed by atoms with Crippen molar-refractivity contribution in [2.45, 2.75) is 13.3 Å². The molecule has 2 N–H and O–H groups in total. The molecule has 5 heteroatoms. The number of nitrogens with one attached hydrogen (secondary N) is 2. The van der Waals surface area contributed by atoms with E-state index < -0.39 is 0 Å². The van der Waals surface area contributed by atoms with E-state index in [-0.39, 0.29) is 24.2 Å². The number of hydrogen-bond donors (Lipinski definition) is 2. The highest BCUT2D eigenvalue weighted by atomic mass is 16.5. The Hall–Kier alpha value is -1.10. The molecule has 0 spiro atoms. The standard InChI is InChI=1S/C9H16N2O3/c1-2-14-8(12)3-4-11-9(13)7-5-10-6-7/h7,10H,2-6H2,1H3,(H,11,13). The molecule has 80 valence electrons. The molecule has 0 aromatic rings. The molecule has 1 fully saturated rings. The second-order valence-electron chi connectivity index (χ2n) is 3.20. The first-order valence-corrected chi connectivity index (χ1v) is 4.88. The Kier molecular flexibility index (Phi) is 4.39. The molecule has 0 atom stereocenters. The van der Waals surface area contributed by atoms with Crippen LogP contribution in [0.1, 0.15) is 13.3 Å². The smallest absolute Gasteiger partial charge is 0.307 e. The lowest BCUT2D eigenvalue weighted by Crippen LogP contribution is -2.51. The molecule has 0 aliphatic carbocycles. The molecule has 1 amide bonds. The molecule has 1 saturated heterocycles. The highest BCUT2D eigenvalue weighted by Gasteiger charge is 2.24. The topological polar surface area (TPSA) is 67.4 Å². The number of ether oxygens (including phenoxy) is 1. The quantitative estimate of drug-likeness (QED) is 0.574. The molecule has 0 unspecified atom stereocenters. The maximum Gasteiger partial charge on any atom is 0.307 e. The van der Waals surface area contributed by atoms with E-state index in [4.69, 9.17) is 4.74 Å². The fraction of sp³-hybridized carbons (Fsp3) is 0.778. The van der Waals surface area contributed by atoms with E-state index >= 15 is 0 Å². The normalized spacial score (nSPS) is 15.8. The summed E-state index contributed by atoms with van der Waals surface area (Å²) in [5.74, 6) is -0.162. The number of esters is 1. The number of carbonyl (C=O) groups is 2. The molecular weight excluding hydrogens is 184 g/mol. The summed E-state index contributed by atoms with van der Waals surface area (Å²) >= 11 is 0. The van der Waals surface area contributed by atoms with E-state index in [1.165, 1.54) is 0 Å². The van der Waals surface area contributed by atoms with Gasteiger partial charge < -0.3 is 15.4 Å². The molecule has 0 aromatic carbocycles. The van der Waals surface area contributed by atoms with Crippen LogP contribution in [0.25, 0.3) is 0 Å². The lowest BCUT2D eigenvalue weighted by Gasteiger charge is -2.25. The van der Waals surface area contributed by atoms with Gasteiger partial charge in [-0.1, -0.05) is 0 Å². The highest BCUT2D eigenvalue weighted by molar-refractivity contribution is 5.80. The summed E-state index contributed by atoms with van der Waals surface area (Å²) in [6, 6.07) is 0. The van der Waals surface area contributed by atoms with E-state index in [0.29, 0.717) is 13.2 Å². The van der Waals surface area contributed by atoms with Gasteiger partial charge in [0.1, 0.15) is 0 Å². The number of rotatable bonds is 5. The second kappa shape index (κ2) is 5.59. The zero-order valence-electron chi connectivity index (χ0n) is 8.34. The van der Waals surface area contributed by atoms with Crippen LogP contribution in [-0.4, -0.2) is 38.1 Å². The third kappa shape index (κ3) is 3.33. The molecule has 14 heavy (non-hydrogen) atoms. The van der Waals surface area contributed by atoms with Crippen LogP contribution in [0.3, 0.4) is 0 Å². The fourth-order valence-electron chi connectivity index (χ4n) is 1.14. The van der Waals surface area contributed by atoms with Crippen molar-refractivity contribution in [3.63, 3.8) is 0 Å². The van der Waals surface area contributed by atoms with Gasteiger partial charge in [0.2, 0.25) is 5.91 Å². The van der Waals surface area contributed by atoms with E-state index in [0.717, 1.165) is 13.1 Å². The second-order valence-corrected chi connectivity index (χ2v) is 3.20. The molecular formula is C9H16N2O3. The van der Waals surface area contributed by atoms with Crippen LogP contribution in [0.15, 0.2) is 0 Å². The van der Waals surface area contributed by atoms with Crippen LogP contribution in [0.2, 0.25) is 0 Å². The molecule has 1 heterocycles. The van der Waals surface area contributed by atoms with Crippen LogP contribution < -0.4 is 10.6 Å². The summed E-state index contributed by atoms with van der Waals surface area (Å²) in [4.78, 5) is 22.2. The Balaban J connectivity index is 2.02. The maximum atomic E-state index is 11.3. The van der Waals surface area contributed by atoms with Gasteiger partial charge in [-0.3, -0.25) is 9.59 Å². The third-order valence-electron chi connectivity index (χ3n) is 2.09. The van der Waals surface area contributed by atoms with Gasteiger partial charge in [0, 0.05) is 19.6 Å². The Labute approximate surface area is 83.2 Å². The largest absolute Gasteiger partial charge is 0.466 e. The molecule has 1 aliphatic rings.